The predicted molar refractivity (Wildman–Crippen MR) is 27.3 cm³/mol. The molecule has 1 heterocycles. The highest BCUT2D eigenvalue weighted by Crippen LogP contribution is 2.06. The lowest BCUT2D eigenvalue weighted by molar-refractivity contribution is -0.110. The molecule has 2 nitrogen and oxygen atoms in total. The number of rotatable bonds is 0. The molecular formula is C4H6O2S. The van der Waals surface area contributed by atoms with Gasteiger partial charge in [-0.1, -0.05) is 0 Å². The molecule has 1 unspecified atom stereocenters. The molecule has 0 N–H and O–H groups in total. The van der Waals surface area contributed by atoms with Crippen molar-refractivity contribution in [3.63, 3.8) is 0 Å². The van der Waals surface area contributed by atoms with Gasteiger partial charge in [0.1, 0.15) is 0 Å². The first-order valence-corrected chi connectivity index (χ1v) is 3.54. The number of carbonyl (C=O) groups is 1. The Labute approximate surface area is 44.4 Å². The van der Waals surface area contributed by atoms with Crippen molar-refractivity contribution >= 4 is 15.9 Å². The summed E-state index contributed by atoms with van der Waals surface area (Å²) in [6.45, 7) is 0. The maximum absolute atomic E-state index is 10.3. The minimum atomic E-state index is -1.11. The van der Waals surface area contributed by atoms with Gasteiger partial charge in [0, 0.05) is 12.2 Å². The molecule has 40 valence electrons. The van der Waals surface area contributed by atoms with Crippen molar-refractivity contribution in [2.24, 2.45) is 0 Å². The fraction of sp³-hybridized carbons (Fsp3) is 0.750. The third kappa shape index (κ3) is 0.881. The highest BCUT2D eigenvalue weighted by Gasteiger charge is 2.17. The summed E-state index contributed by atoms with van der Waals surface area (Å²) >= 11 is 0. The Kier molecular flexibility index (Phi) is 1.23. The summed E-state index contributed by atoms with van der Waals surface area (Å²) in [6, 6.07) is 0. The fourth-order valence-corrected chi connectivity index (χ4v) is 1.58. The van der Waals surface area contributed by atoms with E-state index in [1.54, 1.807) is 0 Å². The van der Waals surface area contributed by atoms with Crippen LogP contribution in [0.2, 0.25) is 0 Å². The zero-order valence-electron chi connectivity index (χ0n) is 3.85. The first-order valence-electron chi connectivity index (χ1n) is 2.22. The second kappa shape index (κ2) is 1.74. The van der Waals surface area contributed by atoms with E-state index in [0.717, 1.165) is 6.42 Å². The molecular weight excluding hydrogens is 112 g/mol. The molecule has 0 aromatic carbocycles. The van der Waals surface area contributed by atoms with Crippen LogP contribution in [0.15, 0.2) is 0 Å². The third-order valence-electron chi connectivity index (χ3n) is 0.965. The molecule has 0 spiro atoms. The number of hydrogen-bond donors (Lipinski definition) is 0. The maximum Gasteiger partial charge on any atom is 0.218 e. The molecule has 1 aliphatic rings. The van der Waals surface area contributed by atoms with Crippen molar-refractivity contribution < 1.29 is 9.00 Å². The topological polar surface area (TPSA) is 34.1 Å². The Morgan fingerprint density at radius 1 is 1.57 bits per heavy atom. The van der Waals surface area contributed by atoms with Gasteiger partial charge in [0.05, 0.1) is 10.8 Å². The lowest BCUT2D eigenvalue weighted by Crippen LogP contribution is -1.96. The first kappa shape index (κ1) is 4.97. The van der Waals surface area contributed by atoms with Crippen LogP contribution in [0.4, 0.5) is 0 Å². The van der Waals surface area contributed by atoms with Crippen LogP contribution in [0, 0.1) is 0 Å². The lowest BCUT2D eigenvalue weighted by atomic mass is 10.4. The van der Waals surface area contributed by atoms with Gasteiger partial charge in [-0.15, -0.1) is 0 Å². The highest BCUT2D eigenvalue weighted by molar-refractivity contribution is 8.00. The van der Waals surface area contributed by atoms with Gasteiger partial charge in [-0.2, -0.15) is 0 Å². The van der Waals surface area contributed by atoms with Crippen LogP contribution in [0.1, 0.15) is 12.8 Å². The summed E-state index contributed by atoms with van der Waals surface area (Å²) < 4.78 is 10.3. The summed E-state index contributed by atoms with van der Waals surface area (Å²) in [6.07, 6.45) is 1.36. The SMILES string of the molecule is O=C1CCCS1=O. The summed E-state index contributed by atoms with van der Waals surface area (Å²) in [5, 5.41) is -0.0694. The van der Waals surface area contributed by atoms with Crippen LogP contribution in [0.25, 0.3) is 0 Å². The normalized spacial score (nSPS) is 31.4. The number of hydrogen-bond acceptors (Lipinski definition) is 2. The lowest BCUT2D eigenvalue weighted by Gasteiger charge is -1.75. The quantitative estimate of drug-likeness (QED) is 0.450. The average molecular weight is 118 g/mol. The van der Waals surface area contributed by atoms with Crippen LogP contribution in [0.5, 0.6) is 0 Å². The van der Waals surface area contributed by atoms with Crippen molar-refractivity contribution in [1.29, 1.82) is 0 Å². The molecule has 1 rings (SSSR count). The Hall–Kier alpha value is -0.180. The molecule has 0 amide bonds. The van der Waals surface area contributed by atoms with E-state index in [2.05, 4.69) is 0 Å². The van der Waals surface area contributed by atoms with Crippen molar-refractivity contribution in [2.75, 3.05) is 5.75 Å². The van der Waals surface area contributed by atoms with Crippen LogP contribution in [0.3, 0.4) is 0 Å². The smallest absolute Gasteiger partial charge is 0.218 e. The molecule has 0 aliphatic carbocycles. The van der Waals surface area contributed by atoms with Crippen LogP contribution >= 0.6 is 0 Å². The second-order valence-electron chi connectivity index (χ2n) is 1.53. The Morgan fingerprint density at radius 2 is 2.29 bits per heavy atom. The molecule has 0 aromatic heterocycles. The molecule has 3 heteroatoms. The zero-order valence-corrected chi connectivity index (χ0v) is 4.66. The van der Waals surface area contributed by atoms with Crippen LogP contribution in [-0.2, 0) is 15.6 Å². The van der Waals surface area contributed by atoms with E-state index < -0.39 is 10.8 Å². The molecule has 1 atom stereocenters. The van der Waals surface area contributed by atoms with E-state index in [1.807, 2.05) is 0 Å². The largest absolute Gasteiger partial charge is 0.285 e. The van der Waals surface area contributed by atoms with Gasteiger partial charge < -0.3 is 0 Å². The van der Waals surface area contributed by atoms with Gasteiger partial charge in [-0.25, -0.2) is 0 Å². The van der Waals surface area contributed by atoms with E-state index >= 15 is 0 Å². The van der Waals surface area contributed by atoms with Crippen molar-refractivity contribution in [3.8, 4) is 0 Å². The van der Waals surface area contributed by atoms with Gasteiger partial charge in [0.25, 0.3) is 0 Å². The highest BCUT2D eigenvalue weighted by atomic mass is 32.2. The van der Waals surface area contributed by atoms with Crippen molar-refractivity contribution in [3.05, 3.63) is 0 Å². The monoisotopic (exact) mass is 118 g/mol. The van der Waals surface area contributed by atoms with Gasteiger partial charge >= 0.3 is 0 Å². The van der Waals surface area contributed by atoms with E-state index in [4.69, 9.17) is 0 Å². The molecule has 0 aromatic rings. The molecule has 1 fully saturated rings. The van der Waals surface area contributed by atoms with E-state index in [0.29, 0.717) is 12.2 Å². The van der Waals surface area contributed by atoms with Gasteiger partial charge in [0.15, 0.2) is 0 Å². The van der Waals surface area contributed by atoms with E-state index in [-0.39, 0.29) is 5.12 Å². The minimum absolute atomic E-state index is 0.0694. The summed E-state index contributed by atoms with van der Waals surface area (Å²) in [5.41, 5.74) is 0. The molecule has 0 saturated carbocycles. The zero-order chi connectivity index (χ0) is 5.28. The molecule has 1 aliphatic heterocycles. The van der Waals surface area contributed by atoms with E-state index in [9.17, 15) is 9.00 Å². The average Bonchev–Trinajstić information content (AvgIpc) is 1.91. The summed E-state index contributed by atoms with van der Waals surface area (Å²) in [5.74, 6) is 0.596. The second-order valence-corrected chi connectivity index (χ2v) is 3.08. The fourth-order valence-electron chi connectivity index (χ4n) is 0.575. The molecule has 0 radical (unpaired) electrons. The Bertz CT molecular complexity index is 105. The molecule has 7 heavy (non-hydrogen) atoms. The van der Waals surface area contributed by atoms with Crippen LogP contribution < -0.4 is 0 Å². The summed E-state index contributed by atoms with van der Waals surface area (Å²) in [4.78, 5) is 10.3. The molecule has 1 saturated heterocycles. The van der Waals surface area contributed by atoms with Gasteiger partial charge in [-0.3, -0.25) is 9.00 Å². The van der Waals surface area contributed by atoms with Crippen molar-refractivity contribution in [1.82, 2.24) is 0 Å². The summed E-state index contributed by atoms with van der Waals surface area (Å²) in [7, 11) is -1.11. The first-order chi connectivity index (χ1) is 3.30. The Balaban J connectivity index is 2.65. The van der Waals surface area contributed by atoms with Gasteiger partial charge in [-0.05, 0) is 6.42 Å². The standard InChI is InChI=1S/C4H6O2S/c5-4-2-1-3-7(4)6/h1-3H2. The maximum atomic E-state index is 10.3. The minimum Gasteiger partial charge on any atom is -0.285 e. The number of carbonyl (C=O) groups excluding carboxylic acids is 1. The van der Waals surface area contributed by atoms with Crippen molar-refractivity contribution in [2.45, 2.75) is 12.8 Å². The molecule has 0 bridgehead atoms. The third-order valence-corrected chi connectivity index (χ3v) is 2.34. The Morgan fingerprint density at radius 3 is 2.43 bits per heavy atom. The van der Waals surface area contributed by atoms with Gasteiger partial charge in [0.2, 0.25) is 5.12 Å². The predicted octanol–water partition coefficient (Wildman–Crippen LogP) is 0.0555. The van der Waals surface area contributed by atoms with E-state index in [1.165, 1.54) is 0 Å². The van der Waals surface area contributed by atoms with Crippen LogP contribution in [-0.4, -0.2) is 15.1 Å².